The molecule has 186 valence electrons. The van der Waals surface area contributed by atoms with Crippen molar-refractivity contribution in [2.24, 2.45) is 5.73 Å². The van der Waals surface area contributed by atoms with Gasteiger partial charge in [0, 0.05) is 11.8 Å². The van der Waals surface area contributed by atoms with Crippen LogP contribution in [-0.2, 0) is 6.42 Å². The predicted molar refractivity (Wildman–Crippen MR) is 124 cm³/mol. The second-order valence-corrected chi connectivity index (χ2v) is 7.61. The van der Waals surface area contributed by atoms with Gasteiger partial charge >= 0.3 is 6.18 Å². The van der Waals surface area contributed by atoms with E-state index in [0.29, 0.717) is 11.3 Å². The predicted octanol–water partition coefficient (Wildman–Crippen LogP) is 3.81. The van der Waals surface area contributed by atoms with Crippen molar-refractivity contribution < 1.29 is 27.2 Å². The lowest BCUT2D eigenvalue weighted by atomic mass is 10.1. The number of oxazole rings is 1. The number of carbonyl (C=O) groups is 2. The number of hydrogen-bond acceptors (Lipinski definition) is 7. The van der Waals surface area contributed by atoms with E-state index < -0.39 is 24.5 Å². The first-order chi connectivity index (χ1) is 17.1. The van der Waals surface area contributed by atoms with E-state index in [1.165, 1.54) is 29.2 Å². The number of anilines is 2. The summed E-state index contributed by atoms with van der Waals surface area (Å²) >= 11 is 0. The second-order valence-electron chi connectivity index (χ2n) is 7.61. The number of rotatable bonds is 8. The summed E-state index contributed by atoms with van der Waals surface area (Å²) < 4.78 is 44.1. The summed E-state index contributed by atoms with van der Waals surface area (Å²) in [5.41, 5.74) is 7.25. The lowest BCUT2D eigenvalue weighted by molar-refractivity contribution is -0.115. The molecular formula is C23H20F3N7O3. The van der Waals surface area contributed by atoms with Crippen LogP contribution in [0, 0.1) is 0 Å². The fraction of sp³-hybridized carbons (Fsp3) is 0.174. The summed E-state index contributed by atoms with van der Waals surface area (Å²) in [4.78, 5) is 32.6. The molecule has 0 unspecified atom stereocenters. The van der Waals surface area contributed by atoms with Gasteiger partial charge in [-0.05, 0) is 36.2 Å². The minimum atomic E-state index is -4.41. The van der Waals surface area contributed by atoms with E-state index in [4.69, 9.17) is 10.2 Å². The number of hydrogen-bond donors (Lipinski definition) is 3. The van der Waals surface area contributed by atoms with Gasteiger partial charge in [0.05, 0.1) is 17.6 Å². The fourth-order valence-corrected chi connectivity index (χ4v) is 3.25. The molecule has 4 N–H and O–H groups in total. The van der Waals surface area contributed by atoms with Crippen LogP contribution in [0.25, 0.3) is 17.1 Å². The van der Waals surface area contributed by atoms with Crippen LogP contribution in [0.4, 0.5) is 24.7 Å². The molecule has 4 rings (SSSR count). The van der Waals surface area contributed by atoms with Crippen LogP contribution >= 0.6 is 0 Å². The van der Waals surface area contributed by atoms with Crippen molar-refractivity contribution in [2.75, 3.05) is 17.2 Å². The van der Waals surface area contributed by atoms with Crippen LogP contribution in [-0.4, -0.2) is 44.3 Å². The van der Waals surface area contributed by atoms with Gasteiger partial charge in [-0.1, -0.05) is 19.1 Å². The maximum atomic E-state index is 12.8. The zero-order valence-corrected chi connectivity index (χ0v) is 18.8. The lowest BCUT2D eigenvalue weighted by Gasteiger charge is -2.08. The van der Waals surface area contributed by atoms with Crippen molar-refractivity contribution in [1.82, 2.24) is 19.7 Å². The Morgan fingerprint density at radius 2 is 2.00 bits per heavy atom. The molecule has 36 heavy (non-hydrogen) atoms. The van der Waals surface area contributed by atoms with Gasteiger partial charge in [-0.3, -0.25) is 9.59 Å². The monoisotopic (exact) mass is 499 g/mol. The summed E-state index contributed by atoms with van der Waals surface area (Å²) in [5, 5.41) is 8.89. The zero-order valence-electron chi connectivity index (χ0n) is 18.8. The lowest BCUT2D eigenvalue weighted by Crippen LogP contribution is -2.21. The molecule has 4 aromatic rings. The van der Waals surface area contributed by atoms with Crippen LogP contribution in [0.2, 0.25) is 0 Å². The first kappa shape index (κ1) is 24.4. The summed E-state index contributed by atoms with van der Waals surface area (Å²) in [6, 6.07) is 10.2. The normalized spacial score (nSPS) is 11.3. The van der Waals surface area contributed by atoms with Crippen molar-refractivity contribution in [1.29, 1.82) is 0 Å². The quantitative estimate of drug-likeness (QED) is 0.335. The van der Waals surface area contributed by atoms with Crippen LogP contribution in [0.3, 0.4) is 0 Å². The highest BCUT2D eigenvalue weighted by Gasteiger charge is 2.27. The maximum absolute atomic E-state index is 12.8. The number of primary amides is 1. The van der Waals surface area contributed by atoms with Gasteiger partial charge in [-0.15, -0.1) is 0 Å². The number of halogens is 3. The van der Waals surface area contributed by atoms with E-state index in [9.17, 15) is 22.8 Å². The molecule has 3 aromatic heterocycles. The number of aryl methyl sites for hydroxylation is 1. The van der Waals surface area contributed by atoms with Crippen LogP contribution in [0.15, 0.2) is 59.5 Å². The minimum Gasteiger partial charge on any atom is -0.444 e. The van der Waals surface area contributed by atoms with Gasteiger partial charge in [0.15, 0.2) is 11.4 Å². The Kier molecular flexibility index (Phi) is 6.72. The summed E-state index contributed by atoms with van der Waals surface area (Å²) in [6.07, 6.45) is 0.191. The topological polar surface area (TPSA) is 141 Å². The number of carbonyl (C=O) groups excluding carboxylic acids is 2. The molecule has 0 aliphatic carbocycles. The third-order valence-corrected chi connectivity index (χ3v) is 4.99. The third-order valence-electron chi connectivity index (χ3n) is 4.99. The van der Waals surface area contributed by atoms with Gasteiger partial charge in [0.1, 0.15) is 18.6 Å². The Hall–Kier alpha value is -4.68. The molecular weight excluding hydrogens is 479 g/mol. The van der Waals surface area contributed by atoms with Crippen LogP contribution < -0.4 is 16.4 Å². The molecule has 0 aliphatic heterocycles. The Bertz CT molecular complexity index is 1410. The van der Waals surface area contributed by atoms with E-state index in [1.54, 1.807) is 6.07 Å². The Labute approximate surface area is 202 Å². The second kappa shape index (κ2) is 9.90. The number of nitrogens with zero attached hydrogens (tertiary/aromatic N) is 4. The minimum absolute atomic E-state index is 0.0141. The number of benzene rings is 1. The standard InChI is InChI=1S/C23H20F3N7O3/c1-2-13-4-3-5-15(8-13)33-10-16(19(32-33)20(27)34)30-21(35)17-11-36-22(31-17)14-6-7-28-18(9-14)29-12-23(24,25)26/h3-11H,2,12H2,1H3,(H2,27,34)(H,28,29)(H,30,35). The molecule has 1 aromatic carbocycles. The van der Waals surface area contributed by atoms with Crippen molar-refractivity contribution in [2.45, 2.75) is 19.5 Å². The average Bonchev–Trinajstić information content (AvgIpc) is 3.51. The van der Waals surface area contributed by atoms with Gasteiger partial charge in [0.25, 0.3) is 11.8 Å². The van der Waals surface area contributed by atoms with Crippen LogP contribution in [0.1, 0.15) is 33.5 Å². The highest BCUT2D eigenvalue weighted by molar-refractivity contribution is 6.07. The molecule has 0 radical (unpaired) electrons. The summed E-state index contributed by atoms with van der Waals surface area (Å²) in [5.74, 6) is -1.61. The molecule has 13 heteroatoms. The highest BCUT2D eigenvalue weighted by Crippen LogP contribution is 2.23. The number of amides is 2. The SMILES string of the molecule is CCc1cccc(-n2cc(NC(=O)c3coc(-c4ccnc(NCC(F)(F)F)c4)n3)c(C(N)=O)n2)c1. The van der Waals surface area contributed by atoms with Crippen molar-refractivity contribution in [3.63, 3.8) is 0 Å². The molecule has 0 atom stereocenters. The molecule has 0 saturated heterocycles. The van der Waals surface area contributed by atoms with Crippen molar-refractivity contribution in [3.8, 4) is 17.1 Å². The molecule has 3 heterocycles. The highest BCUT2D eigenvalue weighted by atomic mass is 19.4. The first-order valence-corrected chi connectivity index (χ1v) is 10.7. The van der Waals surface area contributed by atoms with Gasteiger partial charge in [-0.25, -0.2) is 14.6 Å². The number of alkyl halides is 3. The van der Waals surface area contributed by atoms with E-state index in [0.717, 1.165) is 18.2 Å². The first-order valence-electron chi connectivity index (χ1n) is 10.7. The Balaban J connectivity index is 1.53. The maximum Gasteiger partial charge on any atom is 0.405 e. The molecule has 0 spiro atoms. The number of nitrogens with two attached hydrogens (primary N) is 1. The third kappa shape index (κ3) is 5.68. The average molecular weight is 499 g/mol. The largest absolute Gasteiger partial charge is 0.444 e. The summed E-state index contributed by atoms with van der Waals surface area (Å²) in [6.45, 7) is 0.738. The summed E-state index contributed by atoms with van der Waals surface area (Å²) in [7, 11) is 0. The molecule has 0 fully saturated rings. The molecule has 0 aliphatic rings. The van der Waals surface area contributed by atoms with E-state index in [1.807, 2.05) is 25.1 Å². The van der Waals surface area contributed by atoms with Crippen molar-refractivity contribution >= 4 is 23.3 Å². The van der Waals surface area contributed by atoms with Crippen molar-refractivity contribution in [3.05, 3.63) is 72.0 Å². The van der Waals surface area contributed by atoms with E-state index >= 15 is 0 Å². The smallest absolute Gasteiger partial charge is 0.405 e. The molecule has 2 amide bonds. The molecule has 0 saturated carbocycles. The number of nitrogens with one attached hydrogen (secondary N) is 2. The molecule has 10 nitrogen and oxygen atoms in total. The van der Waals surface area contributed by atoms with Crippen LogP contribution in [0.5, 0.6) is 0 Å². The Morgan fingerprint density at radius 1 is 1.19 bits per heavy atom. The Morgan fingerprint density at radius 3 is 2.72 bits per heavy atom. The van der Waals surface area contributed by atoms with Gasteiger partial charge in [0.2, 0.25) is 5.89 Å². The number of pyridine rings is 1. The van der Waals surface area contributed by atoms with E-state index in [-0.39, 0.29) is 28.8 Å². The van der Waals surface area contributed by atoms with Gasteiger partial charge in [-0.2, -0.15) is 18.3 Å². The zero-order chi connectivity index (χ0) is 25.9. The van der Waals surface area contributed by atoms with E-state index in [2.05, 4.69) is 25.7 Å². The van der Waals surface area contributed by atoms with Gasteiger partial charge < -0.3 is 20.8 Å². The fourth-order valence-electron chi connectivity index (χ4n) is 3.25. The molecule has 0 bridgehead atoms. The number of aromatic nitrogens is 4.